The van der Waals surface area contributed by atoms with Crippen LogP contribution in [0.15, 0.2) is 0 Å². The van der Waals surface area contributed by atoms with E-state index in [2.05, 4.69) is 20.3 Å². The highest BCUT2D eigenvalue weighted by Gasteiger charge is 2.17. The quantitative estimate of drug-likeness (QED) is 0.649. The van der Waals surface area contributed by atoms with Crippen molar-refractivity contribution in [3.05, 3.63) is 0 Å². The Kier molecular flexibility index (Phi) is 6.80. The lowest BCUT2D eigenvalue weighted by molar-refractivity contribution is 0.288. The van der Waals surface area contributed by atoms with E-state index >= 15 is 0 Å². The van der Waals surface area contributed by atoms with Gasteiger partial charge >= 0.3 is 0 Å². The van der Waals surface area contributed by atoms with E-state index in [1.165, 1.54) is 0 Å². The molecule has 0 aromatic carbocycles. The van der Waals surface area contributed by atoms with Gasteiger partial charge in [0.25, 0.3) is 0 Å². The van der Waals surface area contributed by atoms with E-state index < -0.39 is 0 Å². The molecule has 2 atom stereocenters. The highest BCUT2D eigenvalue weighted by atomic mass is 32.2. The molecule has 0 fully saturated rings. The molecular formula is C12H24N6OS. The number of nitrogens with two attached hydrogens (primary N) is 1. The average Bonchev–Trinajstić information content (AvgIpc) is 2.40. The lowest BCUT2D eigenvalue weighted by Gasteiger charge is -2.23. The number of aromatic nitrogens is 3. The Morgan fingerprint density at radius 2 is 1.95 bits per heavy atom. The number of hydrogen-bond donors (Lipinski definition) is 3. The third-order valence-electron chi connectivity index (χ3n) is 3.08. The lowest BCUT2D eigenvalue weighted by Crippen LogP contribution is -2.32. The van der Waals surface area contributed by atoms with Crippen molar-refractivity contribution in [1.82, 2.24) is 15.0 Å². The number of rotatable bonds is 8. The van der Waals surface area contributed by atoms with E-state index in [1.807, 2.05) is 31.9 Å². The van der Waals surface area contributed by atoms with Crippen LogP contribution in [-0.4, -0.2) is 57.3 Å². The monoisotopic (exact) mass is 300 g/mol. The third kappa shape index (κ3) is 4.38. The predicted molar refractivity (Wildman–Crippen MR) is 85.3 cm³/mol. The summed E-state index contributed by atoms with van der Waals surface area (Å²) in [5.74, 6) is 1.21. The van der Waals surface area contributed by atoms with Gasteiger partial charge in [-0.15, -0.1) is 0 Å². The first-order valence-electron chi connectivity index (χ1n) is 6.72. The van der Waals surface area contributed by atoms with Gasteiger partial charge in [0.05, 0.1) is 6.61 Å². The fourth-order valence-electron chi connectivity index (χ4n) is 1.83. The van der Waals surface area contributed by atoms with Crippen LogP contribution < -0.4 is 16.0 Å². The van der Waals surface area contributed by atoms with Crippen molar-refractivity contribution in [2.45, 2.75) is 32.1 Å². The molecule has 8 heteroatoms. The van der Waals surface area contributed by atoms with Crippen LogP contribution in [0, 0.1) is 0 Å². The van der Waals surface area contributed by atoms with Crippen LogP contribution in [0.25, 0.3) is 0 Å². The summed E-state index contributed by atoms with van der Waals surface area (Å²) in [6, 6.07) is 0.0290. The Hall–Kier alpha value is -1.28. The molecule has 1 aromatic rings. The van der Waals surface area contributed by atoms with Gasteiger partial charge in [0.1, 0.15) is 0 Å². The number of aliphatic hydroxyl groups excluding tert-OH is 1. The van der Waals surface area contributed by atoms with Gasteiger partial charge in [-0.25, -0.2) is 0 Å². The van der Waals surface area contributed by atoms with E-state index in [9.17, 15) is 5.11 Å². The first-order valence-corrected chi connectivity index (χ1v) is 8.01. The normalized spacial score (nSPS) is 13.8. The Morgan fingerprint density at radius 3 is 2.45 bits per heavy atom. The molecule has 0 saturated carbocycles. The summed E-state index contributed by atoms with van der Waals surface area (Å²) < 4.78 is 0. The fourth-order valence-corrected chi connectivity index (χ4v) is 2.45. The van der Waals surface area contributed by atoms with E-state index in [0.717, 1.165) is 13.1 Å². The maximum Gasteiger partial charge on any atom is 0.231 e. The van der Waals surface area contributed by atoms with Crippen molar-refractivity contribution in [3.63, 3.8) is 0 Å². The van der Waals surface area contributed by atoms with Crippen LogP contribution in [-0.2, 0) is 0 Å². The van der Waals surface area contributed by atoms with Crippen LogP contribution in [0.2, 0.25) is 0 Å². The van der Waals surface area contributed by atoms with E-state index in [0.29, 0.717) is 11.9 Å². The molecule has 0 spiro atoms. The van der Waals surface area contributed by atoms with Crippen molar-refractivity contribution in [3.8, 4) is 0 Å². The van der Waals surface area contributed by atoms with Crippen LogP contribution in [0.5, 0.6) is 0 Å². The minimum Gasteiger partial charge on any atom is -0.395 e. The smallest absolute Gasteiger partial charge is 0.231 e. The largest absolute Gasteiger partial charge is 0.395 e. The summed E-state index contributed by atoms with van der Waals surface area (Å²) >= 11 is 1.60. The Balaban J connectivity index is 2.90. The summed E-state index contributed by atoms with van der Waals surface area (Å²) in [5.41, 5.74) is 5.74. The van der Waals surface area contributed by atoms with E-state index in [1.54, 1.807) is 11.8 Å². The van der Waals surface area contributed by atoms with Crippen molar-refractivity contribution in [1.29, 1.82) is 0 Å². The second kappa shape index (κ2) is 8.11. The van der Waals surface area contributed by atoms with Crippen molar-refractivity contribution < 1.29 is 5.11 Å². The summed E-state index contributed by atoms with van der Waals surface area (Å²) in [7, 11) is 0. The SMILES string of the molecule is CCN(CC)c1nc(N)nc(NC(C)C(CO)SC)n1. The van der Waals surface area contributed by atoms with Gasteiger partial charge in [-0.1, -0.05) is 0 Å². The fraction of sp³-hybridized carbons (Fsp3) is 0.750. The number of anilines is 3. The van der Waals surface area contributed by atoms with Crippen LogP contribution in [0.1, 0.15) is 20.8 Å². The minimum absolute atomic E-state index is 0.0290. The molecule has 0 aliphatic heterocycles. The Labute approximate surface area is 124 Å². The van der Waals surface area contributed by atoms with Gasteiger partial charge in [-0.2, -0.15) is 26.7 Å². The van der Waals surface area contributed by atoms with E-state index in [-0.39, 0.29) is 23.8 Å². The number of nitrogens with one attached hydrogen (secondary N) is 1. The number of nitrogens with zero attached hydrogens (tertiary/aromatic N) is 4. The molecule has 7 nitrogen and oxygen atoms in total. The molecule has 1 aromatic heterocycles. The highest BCUT2D eigenvalue weighted by Crippen LogP contribution is 2.16. The first kappa shape index (κ1) is 16.8. The van der Waals surface area contributed by atoms with Gasteiger partial charge in [0.15, 0.2) is 0 Å². The lowest BCUT2D eigenvalue weighted by atomic mass is 10.2. The van der Waals surface area contributed by atoms with Crippen molar-refractivity contribution >= 4 is 29.6 Å². The summed E-state index contributed by atoms with van der Waals surface area (Å²) in [6.07, 6.45) is 1.96. The van der Waals surface area contributed by atoms with Crippen LogP contribution in [0.3, 0.4) is 0 Å². The van der Waals surface area contributed by atoms with Crippen molar-refractivity contribution in [2.24, 2.45) is 0 Å². The first-order chi connectivity index (χ1) is 9.55. The van der Waals surface area contributed by atoms with Gasteiger partial charge in [0, 0.05) is 24.4 Å². The summed E-state index contributed by atoms with van der Waals surface area (Å²) in [6.45, 7) is 7.76. The van der Waals surface area contributed by atoms with E-state index in [4.69, 9.17) is 5.73 Å². The molecule has 0 radical (unpaired) electrons. The number of nitrogen functional groups attached to an aromatic ring is 1. The van der Waals surface area contributed by atoms with Crippen molar-refractivity contribution in [2.75, 3.05) is 41.9 Å². The molecule has 0 aliphatic carbocycles. The van der Waals surface area contributed by atoms with Crippen LogP contribution >= 0.6 is 11.8 Å². The molecule has 2 unspecified atom stereocenters. The standard InChI is InChI=1S/C12H24N6OS/c1-5-18(6-2)12-16-10(13)15-11(17-12)14-8(3)9(7-19)20-4/h8-9,19H,5-7H2,1-4H3,(H3,13,14,15,16,17). The zero-order valence-electron chi connectivity index (χ0n) is 12.5. The zero-order chi connectivity index (χ0) is 15.1. The van der Waals surface area contributed by atoms with Gasteiger partial charge in [0.2, 0.25) is 17.8 Å². The molecule has 1 rings (SSSR count). The average molecular weight is 300 g/mol. The molecule has 1 heterocycles. The Bertz CT molecular complexity index is 411. The third-order valence-corrected chi connectivity index (χ3v) is 4.25. The molecule has 0 bridgehead atoms. The summed E-state index contributed by atoms with van der Waals surface area (Å²) in [5, 5.41) is 12.6. The highest BCUT2D eigenvalue weighted by molar-refractivity contribution is 7.99. The van der Waals surface area contributed by atoms with Gasteiger partial charge in [-0.3, -0.25) is 0 Å². The second-order valence-corrected chi connectivity index (χ2v) is 5.46. The minimum atomic E-state index is 0.0290. The Morgan fingerprint density at radius 1 is 1.30 bits per heavy atom. The van der Waals surface area contributed by atoms with Gasteiger partial charge in [-0.05, 0) is 27.0 Å². The number of aliphatic hydroxyl groups is 1. The zero-order valence-corrected chi connectivity index (χ0v) is 13.3. The molecule has 0 amide bonds. The molecular weight excluding hydrogens is 276 g/mol. The topological polar surface area (TPSA) is 100 Å². The number of thioether (sulfide) groups is 1. The molecule has 114 valence electrons. The molecule has 20 heavy (non-hydrogen) atoms. The maximum atomic E-state index is 9.30. The second-order valence-electron chi connectivity index (χ2n) is 4.38. The maximum absolute atomic E-state index is 9.30. The summed E-state index contributed by atoms with van der Waals surface area (Å²) in [4.78, 5) is 14.7. The predicted octanol–water partition coefficient (Wildman–Crippen LogP) is 0.824. The van der Waals surface area contributed by atoms with Crippen LogP contribution in [0.4, 0.5) is 17.8 Å². The van der Waals surface area contributed by atoms with Gasteiger partial charge < -0.3 is 21.1 Å². The molecule has 0 aliphatic rings. The molecule has 4 N–H and O–H groups in total. The number of hydrogen-bond acceptors (Lipinski definition) is 8. The molecule has 0 saturated heterocycles.